The van der Waals surface area contributed by atoms with Gasteiger partial charge >= 0.3 is 6.01 Å². The van der Waals surface area contributed by atoms with E-state index in [0.29, 0.717) is 49.6 Å². The maximum Gasteiger partial charge on any atom is 0.319 e. The number of amides is 1. The zero-order valence-corrected chi connectivity index (χ0v) is 23.8. The van der Waals surface area contributed by atoms with Crippen LogP contribution in [0.1, 0.15) is 36.8 Å². The number of aryl methyl sites for hydroxylation is 1. The molecular weight excluding hydrogens is 514 g/mol. The van der Waals surface area contributed by atoms with Crippen molar-refractivity contribution in [1.82, 2.24) is 24.8 Å². The maximum atomic E-state index is 12.5. The largest absolute Gasteiger partial charge is 0.462 e. The first kappa shape index (κ1) is 27.2. The highest BCUT2D eigenvalue weighted by atomic mass is 16.5. The maximum absolute atomic E-state index is 12.5. The van der Waals surface area contributed by atoms with Gasteiger partial charge in [0.05, 0.1) is 5.52 Å². The predicted octanol–water partition coefficient (Wildman–Crippen LogP) is 4.17. The number of pyridine rings is 1. The fourth-order valence-corrected chi connectivity index (χ4v) is 6.54. The first-order valence-corrected chi connectivity index (χ1v) is 14.7. The van der Waals surface area contributed by atoms with Crippen molar-refractivity contribution in [3.05, 3.63) is 65.7 Å². The molecule has 9 heteroatoms. The highest BCUT2D eigenvalue weighted by Crippen LogP contribution is 2.34. The first-order valence-electron chi connectivity index (χ1n) is 14.7. The Morgan fingerprint density at radius 1 is 1.17 bits per heavy atom. The molecule has 9 nitrogen and oxygen atoms in total. The standard InChI is InChI=1S/C32H37N7O2/c1-4-29(40)39-16-15-38(20-25(39)19-33-2)31-30-28(35-32(36-31)41-21-24-11-8-14-37(24)3)17-23(18-34-30)27-13-7-10-22-9-5-6-12-26(22)27/h4,7,10,13,17-18,24-25H,1,5-6,8-9,11-12,14-16,19-21H2,3H3/t24-,25-/m0/s1. The molecule has 0 bridgehead atoms. The number of likely N-dealkylation sites (N-methyl/N-ethyl adjacent to an activating group) is 1. The van der Waals surface area contributed by atoms with E-state index in [0.717, 1.165) is 36.9 Å². The summed E-state index contributed by atoms with van der Waals surface area (Å²) in [6.45, 7) is 14.5. The molecule has 1 aliphatic carbocycles. The molecule has 6 rings (SSSR count). The van der Waals surface area contributed by atoms with Crippen molar-refractivity contribution in [3.8, 4) is 17.1 Å². The van der Waals surface area contributed by atoms with Gasteiger partial charge in [-0.15, -0.1) is 0 Å². The van der Waals surface area contributed by atoms with Gasteiger partial charge in [-0.3, -0.25) is 9.78 Å². The number of rotatable bonds is 7. The van der Waals surface area contributed by atoms with Gasteiger partial charge in [0.25, 0.3) is 0 Å². The van der Waals surface area contributed by atoms with Crippen LogP contribution in [0.2, 0.25) is 0 Å². The van der Waals surface area contributed by atoms with Crippen LogP contribution in [0.25, 0.3) is 27.0 Å². The van der Waals surface area contributed by atoms with Gasteiger partial charge in [0.1, 0.15) is 18.2 Å². The minimum Gasteiger partial charge on any atom is -0.462 e. The zero-order valence-electron chi connectivity index (χ0n) is 23.8. The van der Waals surface area contributed by atoms with E-state index >= 15 is 0 Å². The summed E-state index contributed by atoms with van der Waals surface area (Å²) in [5, 5.41) is 0. The Morgan fingerprint density at radius 2 is 2.05 bits per heavy atom. The van der Waals surface area contributed by atoms with Crippen molar-refractivity contribution in [2.24, 2.45) is 0 Å². The van der Waals surface area contributed by atoms with Crippen molar-refractivity contribution >= 4 is 22.8 Å². The fraction of sp³-hybridized carbons (Fsp3) is 0.469. The molecule has 2 atom stereocenters. The summed E-state index contributed by atoms with van der Waals surface area (Å²) in [5.41, 5.74) is 6.56. The molecular formula is C32H37N7O2. The van der Waals surface area contributed by atoms with Crippen LogP contribution in [-0.2, 0) is 17.6 Å². The van der Waals surface area contributed by atoms with Crippen LogP contribution in [0.3, 0.4) is 0 Å². The van der Waals surface area contributed by atoms with Gasteiger partial charge in [-0.2, -0.15) is 9.97 Å². The Bertz CT molecular complexity index is 1500. The summed E-state index contributed by atoms with van der Waals surface area (Å²) in [4.78, 5) is 37.0. The van der Waals surface area contributed by atoms with Gasteiger partial charge in [-0.1, -0.05) is 24.8 Å². The van der Waals surface area contributed by atoms with E-state index in [1.54, 1.807) is 4.90 Å². The van der Waals surface area contributed by atoms with E-state index in [9.17, 15) is 4.79 Å². The number of likely N-dealkylation sites (tertiary alicyclic amines) is 1. The second-order valence-corrected chi connectivity index (χ2v) is 11.3. The Balaban J connectivity index is 1.38. The van der Waals surface area contributed by atoms with Crippen molar-refractivity contribution < 1.29 is 9.53 Å². The minimum absolute atomic E-state index is 0.149. The van der Waals surface area contributed by atoms with E-state index < -0.39 is 0 Å². The molecule has 1 amide bonds. The molecule has 212 valence electrons. The lowest BCUT2D eigenvalue weighted by Crippen LogP contribution is -2.56. The van der Waals surface area contributed by atoms with Crippen molar-refractivity contribution in [2.45, 2.75) is 50.6 Å². The van der Waals surface area contributed by atoms with Crippen LogP contribution in [0.15, 0.2) is 43.1 Å². The second kappa shape index (κ2) is 11.8. The van der Waals surface area contributed by atoms with Gasteiger partial charge in [0.15, 0.2) is 5.82 Å². The number of carbonyl (C=O) groups excluding carboxylic acids is 1. The third kappa shape index (κ3) is 5.49. The molecule has 0 N–H and O–H groups in total. The summed E-state index contributed by atoms with van der Waals surface area (Å²) in [5.74, 6) is 0.539. The number of ether oxygens (including phenoxy) is 1. The molecule has 0 spiro atoms. The number of hydrogen-bond donors (Lipinski definition) is 0. The Kier molecular flexibility index (Phi) is 7.84. The van der Waals surface area contributed by atoms with Gasteiger partial charge in [0.2, 0.25) is 12.5 Å². The topological polar surface area (TPSA) is 79.1 Å². The Morgan fingerprint density at radius 3 is 2.85 bits per heavy atom. The first-order chi connectivity index (χ1) is 20.1. The van der Waals surface area contributed by atoms with Crippen LogP contribution in [0.4, 0.5) is 5.82 Å². The normalized spacial score (nSPS) is 21.0. The second-order valence-electron chi connectivity index (χ2n) is 11.3. The zero-order chi connectivity index (χ0) is 28.3. The van der Waals surface area contributed by atoms with Gasteiger partial charge in [-0.25, -0.2) is 6.57 Å². The number of piperazine rings is 1. The molecule has 1 aromatic carbocycles. The summed E-state index contributed by atoms with van der Waals surface area (Å²) in [7, 11) is 2.13. The van der Waals surface area contributed by atoms with Crippen LogP contribution < -0.4 is 9.64 Å². The molecule has 3 aliphatic rings. The van der Waals surface area contributed by atoms with E-state index in [1.807, 2.05) is 6.20 Å². The predicted molar refractivity (Wildman–Crippen MR) is 160 cm³/mol. The summed E-state index contributed by atoms with van der Waals surface area (Å²) < 4.78 is 6.24. The number of nitrogens with zero attached hydrogens (tertiary/aromatic N) is 7. The SMILES string of the molecule is [C-]#[N+]C[C@H]1CN(c2nc(OC[C@@H]3CCCN3C)nc3cc(-c4cccc5c4CCCC5)cnc23)CCN1C(=O)C=C. The van der Waals surface area contributed by atoms with Crippen molar-refractivity contribution in [2.75, 3.05) is 51.3 Å². The lowest BCUT2D eigenvalue weighted by molar-refractivity contribution is -0.128. The van der Waals surface area contributed by atoms with Gasteiger partial charge in [0, 0.05) is 37.4 Å². The van der Waals surface area contributed by atoms with E-state index in [1.165, 1.54) is 42.0 Å². The fourth-order valence-electron chi connectivity index (χ4n) is 6.54. The summed E-state index contributed by atoms with van der Waals surface area (Å²) in [6, 6.07) is 9.11. The highest BCUT2D eigenvalue weighted by molar-refractivity contribution is 5.90. The molecule has 4 heterocycles. The number of hydrogen-bond acceptors (Lipinski definition) is 7. The smallest absolute Gasteiger partial charge is 0.319 e. The van der Waals surface area contributed by atoms with Crippen LogP contribution in [0.5, 0.6) is 6.01 Å². The van der Waals surface area contributed by atoms with Crippen LogP contribution in [-0.4, -0.2) is 89.1 Å². The third-order valence-corrected chi connectivity index (χ3v) is 8.82. The lowest BCUT2D eigenvalue weighted by Gasteiger charge is -2.39. The van der Waals surface area contributed by atoms with Gasteiger partial charge in [-0.05, 0) is 81.0 Å². The third-order valence-electron chi connectivity index (χ3n) is 8.82. The molecule has 2 fully saturated rings. The molecule has 2 aromatic heterocycles. The highest BCUT2D eigenvalue weighted by Gasteiger charge is 2.33. The number of carbonyl (C=O) groups is 1. The van der Waals surface area contributed by atoms with Crippen molar-refractivity contribution in [1.29, 1.82) is 0 Å². The molecule has 2 saturated heterocycles. The Hall–Kier alpha value is -4.03. The summed E-state index contributed by atoms with van der Waals surface area (Å²) in [6.07, 6.45) is 10.2. The molecule has 2 aliphatic heterocycles. The number of anilines is 1. The monoisotopic (exact) mass is 551 g/mol. The number of aromatic nitrogens is 3. The molecule has 0 unspecified atom stereocenters. The quantitative estimate of drug-likeness (QED) is 0.322. The van der Waals surface area contributed by atoms with Gasteiger partial charge < -0.3 is 24.3 Å². The van der Waals surface area contributed by atoms with E-state index in [2.05, 4.69) is 52.5 Å². The Labute approximate surface area is 241 Å². The molecule has 0 saturated carbocycles. The lowest BCUT2D eigenvalue weighted by atomic mass is 9.86. The average molecular weight is 552 g/mol. The minimum atomic E-state index is -0.261. The summed E-state index contributed by atoms with van der Waals surface area (Å²) >= 11 is 0. The number of fused-ring (bicyclic) bond motifs is 2. The van der Waals surface area contributed by atoms with Crippen molar-refractivity contribution in [3.63, 3.8) is 0 Å². The average Bonchev–Trinajstić information content (AvgIpc) is 3.43. The molecule has 3 aromatic rings. The number of benzene rings is 1. The van der Waals surface area contributed by atoms with E-state index in [-0.39, 0.29) is 18.5 Å². The molecule has 0 radical (unpaired) electrons. The van der Waals surface area contributed by atoms with Crippen LogP contribution in [0, 0.1) is 6.57 Å². The van der Waals surface area contributed by atoms with Crippen LogP contribution >= 0.6 is 0 Å². The van der Waals surface area contributed by atoms with E-state index in [4.69, 9.17) is 26.3 Å². The molecule has 41 heavy (non-hydrogen) atoms.